The van der Waals surface area contributed by atoms with Gasteiger partial charge in [0.15, 0.2) is 0 Å². The lowest BCUT2D eigenvalue weighted by atomic mass is 9.95. The minimum atomic E-state index is -0.475. The molecule has 0 fully saturated rings. The average molecular weight is 289 g/mol. The zero-order valence-electron chi connectivity index (χ0n) is 13.2. The van der Waals surface area contributed by atoms with Crippen molar-refractivity contribution in [2.24, 2.45) is 0 Å². The molecule has 0 radical (unpaired) electrons. The van der Waals surface area contributed by atoms with Crippen LogP contribution in [0, 0.1) is 6.92 Å². The van der Waals surface area contributed by atoms with Crippen LogP contribution in [-0.2, 0) is 17.6 Å². The monoisotopic (exact) mass is 289 g/mol. The highest BCUT2D eigenvalue weighted by Crippen LogP contribution is 2.22. The van der Waals surface area contributed by atoms with E-state index in [0.29, 0.717) is 18.7 Å². The zero-order chi connectivity index (χ0) is 15.6. The van der Waals surface area contributed by atoms with E-state index in [-0.39, 0.29) is 6.09 Å². The molecule has 0 saturated heterocycles. The first-order valence-corrected chi connectivity index (χ1v) is 7.35. The Bertz CT molecular complexity index is 558. The predicted molar refractivity (Wildman–Crippen MR) is 81.8 cm³/mol. The Morgan fingerprint density at radius 2 is 1.90 bits per heavy atom. The molecular weight excluding hydrogens is 266 g/mol. The summed E-state index contributed by atoms with van der Waals surface area (Å²) in [5, 5.41) is 0. The topological polar surface area (TPSA) is 46.6 Å². The third kappa shape index (κ3) is 3.84. The zero-order valence-corrected chi connectivity index (χ0v) is 13.2. The molecule has 21 heavy (non-hydrogen) atoms. The fourth-order valence-corrected chi connectivity index (χ4v) is 2.69. The Morgan fingerprint density at radius 1 is 1.24 bits per heavy atom. The van der Waals surface area contributed by atoms with Gasteiger partial charge in [-0.25, -0.2) is 4.79 Å². The summed E-state index contributed by atoms with van der Waals surface area (Å²) in [7, 11) is 0. The molecular formula is C17H23NO3. The molecule has 4 nitrogen and oxygen atoms in total. The van der Waals surface area contributed by atoms with E-state index >= 15 is 0 Å². The third-order valence-electron chi connectivity index (χ3n) is 3.66. The van der Waals surface area contributed by atoms with E-state index in [1.165, 1.54) is 11.1 Å². The highest BCUT2D eigenvalue weighted by molar-refractivity contribution is 5.76. The molecule has 0 saturated carbocycles. The normalized spacial score (nSPS) is 15.1. The smallest absolute Gasteiger partial charge is 0.410 e. The summed E-state index contributed by atoms with van der Waals surface area (Å²) >= 11 is 0. The first kappa shape index (κ1) is 15.5. The summed E-state index contributed by atoms with van der Waals surface area (Å²) in [5.41, 5.74) is 3.78. The third-order valence-corrected chi connectivity index (χ3v) is 3.66. The van der Waals surface area contributed by atoms with Gasteiger partial charge in [0, 0.05) is 18.7 Å². The molecule has 0 unspecified atom stereocenters. The standard InChI is InChI=1S/C17H23NO3/c1-12-9-13(11-19)10-14-5-7-18(8-6-15(12)14)16(20)21-17(2,3)4/h9-11H,5-8H2,1-4H3. The lowest BCUT2D eigenvalue weighted by molar-refractivity contribution is 0.0258. The quantitative estimate of drug-likeness (QED) is 0.746. The lowest BCUT2D eigenvalue weighted by Gasteiger charge is -2.26. The Morgan fingerprint density at radius 3 is 2.52 bits per heavy atom. The maximum Gasteiger partial charge on any atom is 0.410 e. The van der Waals surface area contributed by atoms with E-state index in [2.05, 4.69) is 0 Å². The van der Waals surface area contributed by atoms with Gasteiger partial charge < -0.3 is 9.64 Å². The highest BCUT2D eigenvalue weighted by Gasteiger charge is 2.24. The van der Waals surface area contributed by atoms with Gasteiger partial charge in [-0.15, -0.1) is 0 Å². The van der Waals surface area contributed by atoms with Crippen LogP contribution in [0.1, 0.15) is 47.8 Å². The van der Waals surface area contributed by atoms with Crippen molar-refractivity contribution in [3.05, 3.63) is 34.4 Å². The summed E-state index contributed by atoms with van der Waals surface area (Å²) in [6.07, 6.45) is 2.18. The summed E-state index contributed by atoms with van der Waals surface area (Å²) in [5.74, 6) is 0. The minimum absolute atomic E-state index is 0.261. The number of nitrogens with zero attached hydrogens (tertiary/aromatic N) is 1. The SMILES string of the molecule is Cc1cc(C=O)cc2c1CCN(C(=O)OC(C)(C)C)CC2. The number of carbonyl (C=O) groups excluding carboxylic acids is 2. The minimum Gasteiger partial charge on any atom is -0.444 e. The number of benzene rings is 1. The van der Waals surface area contributed by atoms with Gasteiger partial charge in [-0.2, -0.15) is 0 Å². The summed E-state index contributed by atoms with van der Waals surface area (Å²) in [6.45, 7) is 8.93. The van der Waals surface area contributed by atoms with Crippen LogP contribution in [0.4, 0.5) is 4.79 Å². The molecule has 1 heterocycles. The second-order valence-corrected chi connectivity index (χ2v) is 6.56. The molecule has 0 bridgehead atoms. The van der Waals surface area contributed by atoms with Gasteiger partial charge in [-0.3, -0.25) is 4.79 Å². The molecule has 0 spiro atoms. The molecule has 1 aliphatic heterocycles. The van der Waals surface area contributed by atoms with Crippen LogP contribution in [-0.4, -0.2) is 36.0 Å². The number of aldehydes is 1. The highest BCUT2D eigenvalue weighted by atomic mass is 16.6. The fourth-order valence-electron chi connectivity index (χ4n) is 2.69. The van der Waals surface area contributed by atoms with Gasteiger partial charge in [0.25, 0.3) is 0 Å². The van der Waals surface area contributed by atoms with Crippen LogP contribution < -0.4 is 0 Å². The van der Waals surface area contributed by atoms with E-state index in [1.54, 1.807) is 4.90 Å². The Labute approximate surface area is 126 Å². The molecule has 1 amide bonds. The molecule has 1 aromatic carbocycles. The average Bonchev–Trinajstić information content (AvgIpc) is 2.59. The van der Waals surface area contributed by atoms with Crippen molar-refractivity contribution < 1.29 is 14.3 Å². The van der Waals surface area contributed by atoms with Gasteiger partial charge in [0.1, 0.15) is 11.9 Å². The van der Waals surface area contributed by atoms with Crippen molar-refractivity contribution >= 4 is 12.4 Å². The first-order valence-electron chi connectivity index (χ1n) is 7.35. The molecule has 114 valence electrons. The van der Waals surface area contributed by atoms with Crippen LogP contribution in [0.3, 0.4) is 0 Å². The van der Waals surface area contributed by atoms with Crippen LogP contribution >= 0.6 is 0 Å². The lowest BCUT2D eigenvalue weighted by Crippen LogP contribution is -2.38. The summed E-state index contributed by atoms with van der Waals surface area (Å²) < 4.78 is 5.44. The van der Waals surface area contributed by atoms with Crippen molar-refractivity contribution in [2.45, 2.75) is 46.1 Å². The van der Waals surface area contributed by atoms with Crippen molar-refractivity contribution in [2.75, 3.05) is 13.1 Å². The van der Waals surface area contributed by atoms with E-state index in [4.69, 9.17) is 4.74 Å². The van der Waals surface area contributed by atoms with E-state index in [1.807, 2.05) is 39.8 Å². The van der Waals surface area contributed by atoms with Crippen LogP contribution in [0.25, 0.3) is 0 Å². The number of ether oxygens (including phenoxy) is 1. The number of carbonyl (C=O) groups is 2. The molecule has 2 rings (SSSR count). The molecule has 0 aromatic heterocycles. The second kappa shape index (κ2) is 5.88. The summed E-state index contributed by atoms with van der Waals surface area (Å²) in [4.78, 5) is 24.9. The summed E-state index contributed by atoms with van der Waals surface area (Å²) in [6, 6.07) is 3.85. The van der Waals surface area contributed by atoms with Gasteiger partial charge >= 0.3 is 6.09 Å². The van der Waals surface area contributed by atoms with Crippen molar-refractivity contribution in [3.8, 4) is 0 Å². The van der Waals surface area contributed by atoms with Gasteiger partial charge in [-0.05, 0) is 69.4 Å². The predicted octanol–water partition coefficient (Wildman–Crippen LogP) is 3.14. The van der Waals surface area contributed by atoms with Crippen molar-refractivity contribution in [1.29, 1.82) is 0 Å². The largest absolute Gasteiger partial charge is 0.444 e. The van der Waals surface area contributed by atoms with Gasteiger partial charge in [0.05, 0.1) is 0 Å². The molecule has 1 aliphatic rings. The molecule has 4 heteroatoms. The Balaban J connectivity index is 2.15. The number of fused-ring (bicyclic) bond motifs is 1. The van der Waals surface area contributed by atoms with E-state index < -0.39 is 5.60 Å². The van der Waals surface area contributed by atoms with E-state index in [9.17, 15) is 9.59 Å². The Hall–Kier alpha value is -1.84. The maximum atomic E-state index is 12.2. The first-order chi connectivity index (χ1) is 9.80. The van der Waals surface area contributed by atoms with Gasteiger partial charge in [0.2, 0.25) is 0 Å². The number of aryl methyl sites for hydroxylation is 1. The van der Waals surface area contributed by atoms with Gasteiger partial charge in [-0.1, -0.05) is 0 Å². The van der Waals surface area contributed by atoms with Crippen molar-refractivity contribution in [3.63, 3.8) is 0 Å². The second-order valence-electron chi connectivity index (χ2n) is 6.56. The number of hydrogen-bond donors (Lipinski definition) is 0. The molecule has 0 atom stereocenters. The van der Waals surface area contributed by atoms with Crippen LogP contribution in [0.15, 0.2) is 12.1 Å². The molecule has 0 aliphatic carbocycles. The van der Waals surface area contributed by atoms with E-state index in [0.717, 1.165) is 24.7 Å². The van der Waals surface area contributed by atoms with Crippen LogP contribution in [0.2, 0.25) is 0 Å². The number of rotatable bonds is 1. The van der Waals surface area contributed by atoms with Crippen molar-refractivity contribution in [1.82, 2.24) is 4.90 Å². The number of amides is 1. The number of hydrogen-bond acceptors (Lipinski definition) is 3. The molecule has 0 N–H and O–H groups in total. The molecule has 1 aromatic rings. The maximum absolute atomic E-state index is 12.2. The Kier molecular flexibility index (Phi) is 4.35. The fraction of sp³-hybridized carbons (Fsp3) is 0.529. The van der Waals surface area contributed by atoms with Crippen LogP contribution in [0.5, 0.6) is 0 Å².